The molecule has 0 radical (unpaired) electrons. The molecule has 0 aromatic heterocycles. The highest BCUT2D eigenvalue weighted by Gasteiger charge is 2.11. The fourth-order valence-corrected chi connectivity index (χ4v) is 2.55. The monoisotopic (exact) mass is 314 g/mol. The predicted octanol–water partition coefficient (Wildman–Crippen LogP) is 2.81. The van der Waals surface area contributed by atoms with Gasteiger partial charge in [-0.2, -0.15) is 0 Å². The zero-order chi connectivity index (χ0) is 16.8. The van der Waals surface area contributed by atoms with E-state index in [1.54, 1.807) is 18.2 Å². The summed E-state index contributed by atoms with van der Waals surface area (Å²) in [6.45, 7) is 1.54. The lowest BCUT2D eigenvalue weighted by Gasteiger charge is -2.12. The van der Waals surface area contributed by atoms with Crippen LogP contribution in [-0.4, -0.2) is 33.1 Å². The first-order valence-electron chi connectivity index (χ1n) is 7.61. The van der Waals surface area contributed by atoms with Gasteiger partial charge in [0.2, 0.25) is 0 Å². The predicted molar refractivity (Wildman–Crippen MR) is 90.2 cm³/mol. The second-order valence-electron chi connectivity index (χ2n) is 5.64. The fraction of sp³-hybridized carbons (Fsp3) is 0.316. The van der Waals surface area contributed by atoms with Gasteiger partial charge in [-0.25, -0.2) is 0 Å². The lowest BCUT2D eigenvalue weighted by molar-refractivity contribution is 0.0955. The number of hydrogen-bond acceptors (Lipinski definition) is 4. The van der Waals surface area contributed by atoms with Crippen molar-refractivity contribution in [2.75, 3.05) is 6.61 Å². The van der Waals surface area contributed by atoms with E-state index < -0.39 is 12.2 Å². The Morgan fingerprint density at radius 2 is 1.83 bits per heavy atom. The van der Waals surface area contributed by atoms with Crippen LogP contribution in [0.2, 0.25) is 0 Å². The van der Waals surface area contributed by atoms with Crippen LogP contribution in [0.4, 0.5) is 0 Å². The topological polar surface area (TPSA) is 80.9 Å². The normalized spacial score (nSPS) is 13.4. The maximum Gasteiger partial charge on any atom is 0.123 e. The quantitative estimate of drug-likeness (QED) is 0.618. The highest BCUT2D eigenvalue weighted by Crippen LogP contribution is 2.31. The van der Waals surface area contributed by atoms with Crippen molar-refractivity contribution in [2.24, 2.45) is 0 Å². The van der Waals surface area contributed by atoms with Crippen molar-refractivity contribution in [3.63, 3.8) is 0 Å². The summed E-state index contributed by atoms with van der Waals surface area (Å²) in [6.07, 6.45) is 0.976. The highest BCUT2D eigenvalue weighted by molar-refractivity contribution is 5.91. The van der Waals surface area contributed by atoms with Gasteiger partial charge in [0, 0.05) is 18.2 Å². The van der Waals surface area contributed by atoms with E-state index in [1.165, 1.54) is 0 Å². The first-order chi connectivity index (χ1) is 11.0. The number of aliphatic hydroxyl groups excluding tert-OH is 3. The molecule has 0 aliphatic carbocycles. The third-order valence-electron chi connectivity index (χ3n) is 3.74. The Bertz CT molecular complexity index is 729. The van der Waals surface area contributed by atoms with E-state index in [-0.39, 0.29) is 12.4 Å². The van der Waals surface area contributed by atoms with E-state index >= 15 is 0 Å². The van der Waals surface area contributed by atoms with Gasteiger partial charge >= 0.3 is 0 Å². The van der Waals surface area contributed by atoms with Crippen molar-refractivity contribution in [1.82, 2.24) is 0 Å². The molecule has 0 saturated heterocycles. The van der Waals surface area contributed by atoms with Gasteiger partial charge in [0.05, 0.1) is 18.8 Å². The summed E-state index contributed by atoms with van der Waals surface area (Å²) in [7, 11) is 0. The smallest absolute Gasteiger partial charge is 0.123 e. The van der Waals surface area contributed by atoms with Gasteiger partial charge in [-0.15, -0.1) is 5.73 Å². The Hall–Kier alpha value is -2.10. The highest BCUT2D eigenvalue weighted by atomic mass is 16.3. The Morgan fingerprint density at radius 1 is 1.13 bits per heavy atom. The van der Waals surface area contributed by atoms with E-state index in [0.29, 0.717) is 18.2 Å². The van der Waals surface area contributed by atoms with Crippen molar-refractivity contribution in [3.05, 3.63) is 59.3 Å². The number of rotatable bonds is 6. The van der Waals surface area contributed by atoms with Crippen LogP contribution in [0, 0.1) is 0 Å². The second-order valence-corrected chi connectivity index (χ2v) is 5.64. The summed E-state index contributed by atoms with van der Waals surface area (Å²) in [5.74, 6) is 0.195. The van der Waals surface area contributed by atoms with E-state index in [4.69, 9.17) is 5.11 Å². The molecular weight excluding hydrogens is 292 g/mol. The molecular formula is C19H22O4. The first kappa shape index (κ1) is 17.3. The molecule has 23 heavy (non-hydrogen) atoms. The Labute approximate surface area is 135 Å². The van der Waals surface area contributed by atoms with Crippen LogP contribution in [0.25, 0.3) is 10.8 Å². The molecule has 122 valence electrons. The maximum absolute atomic E-state index is 10.4. The van der Waals surface area contributed by atoms with Crippen molar-refractivity contribution in [3.8, 4) is 5.75 Å². The number of hydrogen-bond donors (Lipinski definition) is 4. The molecule has 2 aromatic rings. The number of aromatic hydroxyl groups is 1. The molecule has 0 spiro atoms. The lowest BCUT2D eigenvalue weighted by atomic mass is 9.98. The number of benzene rings is 2. The van der Waals surface area contributed by atoms with Gasteiger partial charge in [0.15, 0.2) is 0 Å². The molecule has 0 fully saturated rings. The molecule has 0 heterocycles. The van der Waals surface area contributed by atoms with Gasteiger partial charge in [-0.05, 0) is 35.6 Å². The molecule has 4 N–H and O–H groups in total. The van der Waals surface area contributed by atoms with Crippen LogP contribution in [0.1, 0.15) is 31.4 Å². The van der Waals surface area contributed by atoms with Crippen molar-refractivity contribution < 1.29 is 20.4 Å². The summed E-state index contributed by atoms with van der Waals surface area (Å²) in [5, 5.41) is 40.0. The van der Waals surface area contributed by atoms with Gasteiger partial charge in [-0.3, -0.25) is 0 Å². The zero-order valence-corrected chi connectivity index (χ0v) is 13.1. The minimum atomic E-state index is -0.776. The van der Waals surface area contributed by atoms with E-state index in [2.05, 4.69) is 5.73 Å². The SMILES string of the molecule is CC(=C=CC[C@@H](O)c1ccc(O)c2ccccc12)C[C@@H](O)CO. The molecule has 0 bridgehead atoms. The van der Waals surface area contributed by atoms with Crippen molar-refractivity contribution in [2.45, 2.75) is 32.0 Å². The molecule has 0 saturated carbocycles. The average Bonchev–Trinajstić information content (AvgIpc) is 2.55. The molecule has 0 unspecified atom stereocenters. The van der Waals surface area contributed by atoms with E-state index in [9.17, 15) is 15.3 Å². The second kappa shape index (κ2) is 7.95. The lowest BCUT2D eigenvalue weighted by Crippen LogP contribution is -2.11. The van der Waals surface area contributed by atoms with E-state index in [0.717, 1.165) is 16.5 Å². The largest absolute Gasteiger partial charge is 0.507 e. The molecule has 0 aliphatic rings. The molecule has 0 aliphatic heterocycles. The summed E-state index contributed by atoms with van der Waals surface area (Å²) in [5.41, 5.74) is 4.59. The van der Waals surface area contributed by atoms with Crippen LogP contribution >= 0.6 is 0 Å². The van der Waals surface area contributed by atoms with Gasteiger partial charge in [0.1, 0.15) is 5.75 Å². The number of phenolic OH excluding ortho intramolecular Hbond substituents is 1. The molecule has 4 nitrogen and oxygen atoms in total. The Kier molecular flexibility index (Phi) is 5.97. The van der Waals surface area contributed by atoms with Crippen LogP contribution in [0.15, 0.2) is 53.8 Å². The average molecular weight is 314 g/mol. The molecule has 2 rings (SSSR count). The number of phenols is 1. The third kappa shape index (κ3) is 4.44. The summed E-state index contributed by atoms with van der Waals surface area (Å²) in [4.78, 5) is 0. The third-order valence-corrected chi connectivity index (χ3v) is 3.74. The standard InChI is InChI=1S/C19H22O4/c1-13(11-14(21)12-20)5-4-8-18(22)17-9-10-19(23)16-7-3-2-6-15(16)17/h2-4,6-7,9-10,14,18,20-23H,8,11-12H2,1H3/t5?,14-,18-/m1/s1. The van der Waals surface area contributed by atoms with Gasteiger partial charge in [-0.1, -0.05) is 30.3 Å². The number of fused-ring (bicyclic) bond motifs is 1. The summed E-state index contributed by atoms with van der Waals surface area (Å²) < 4.78 is 0. The van der Waals surface area contributed by atoms with Gasteiger partial charge in [0.25, 0.3) is 0 Å². The van der Waals surface area contributed by atoms with Crippen molar-refractivity contribution >= 4 is 10.8 Å². The zero-order valence-electron chi connectivity index (χ0n) is 13.1. The molecule has 0 amide bonds. The number of aliphatic hydroxyl groups is 3. The summed E-state index contributed by atoms with van der Waals surface area (Å²) >= 11 is 0. The Balaban J connectivity index is 2.17. The molecule has 2 aromatic carbocycles. The molecule has 4 heteroatoms. The van der Waals surface area contributed by atoms with Crippen molar-refractivity contribution in [1.29, 1.82) is 0 Å². The maximum atomic E-state index is 10.4. The van der Waals surface area contributed by atoms with Crippen LogP contribution in [0.5, 0.6) is 5.75 Å². The van der Waals surface area contributed by atoms with E-state index in [1.807, 2.05) is 31.2 Å². The van der Waals surface area contributed by atoms with Crippen LogP contribution < -0.4 is 0 Å². The van der Waals surface area contributed by atoms with Crippen LogP contribution in [-0.2, 0) is 0 Å². The fourth-order valence-electron chi connectivity index (χ4n) is 2.55. The Morgan fingerprint density at radius 3 is 2.52 bits per heavy atom. The first-order valence-corrected chi connectivity index (χ1v) is 7.61. The molecule has 2 atom stereocenters. The minimum absolute atomic E-state index is 0.195. The van der Waals surface area contributed by atoms with Crippen LogP contribution in [0.3, 0.4) is 0 Å². The minimum Gasteiger partial charge on any atom is -0.507 e. The van der Waals surface area contributed by atoms with Gasteiger partial charge < -0.3 is 20.4 Å². The summed E-state index contributed by atoms with van der Waals surface area (Å²) in [6, 6.07) is 10.7.